The molecule has 0 saturated carbocycles. The van der Waals surface area contributed by atoms with Gasteiger partial charge in [-0.25, -0.2) is 9.78 Å². The number of fused-ring (bicyclic) bond motifs is 1. The van der Waals surface area contributed by atoms with Gasteiger partial charge in [0.2, 0.25) is 0 Å². The van der Waals surface area contributed by atoms with Crippen LogP contribution in [0.4, 0.5) is 11.5 Å². The van der Waals surface area contributed by atoms with Gasteiger partial charge in [0.25, 0.3) is 0 Å². The number of aryl methyl sites for hydroxylation is 2. The fraction of sp³-hybridized carbons (Fsp3) is 0.125. The van der Waals surface area contributed by atoms with E-state index in [1.807, 2.05) is 36.6 Å². The number of hydrogen-bond acceptors (Lipinski definition) is 4. The van der Waals surface area contributed by atoms with Crippen LogP contribution in [0.2, 0.25) is 0 Å². The van der Waals surface area contributed by atoms with Crippen molar-refractivity contribution in [2.45, 2.75) is 13.8 Å². The summed E-state index contributed by atoms with van der Waals surface area (Å²) in [4.78, 5) is 15.3. The van der Waals surface area contributed by atoms with E-state index in [4.69, 9.17) is 5.11 Å². The molecule has 110 valence electrons. The second kappa shape index (κ2) is 5.40. The average Bonchev–Trinajstić information content (AvgIpc) is 2.83. The molecule has 0 fully saturated rings. The van der Waals surface area contributed by atoms with Crippen molar-refractivity contribution < 1.29 is 9.90 Å². The van der Waals surface area contributed by atoms with E-state index in [-0.39, 0.29) is 5.56 Å². The minimum absolute atomic E-state index is 0.223. The lowest BCUT2D eigenvalue weighted by molar-refractivity contribution is 0.0697. The van der Waals surface area contributed by atoms with Crippen molar-refractivity contribution in [3.63, 3.8) is 0 Å². The van der Waals surface area contributed by atoms with E-state index in [2.05, 4.69) is 15.2 Å². The molecule has 0 unspecified atom stereocenters. The smallest absolute Gasteiger partial charge is 0.335 e. The minimum atomic E-state index is -0.961. The van der Waals surface area contributed by atoms with Crippen molar-refractivity contribution in [1.29, 1.82) is 0 Å². The van der Waals surface area contributed by atoms with Crippen molar-refractivity contribution in [3.8, 4) is 0 Å². The molecule has 6 heteroatoms. The zero-order valence-electron chi connectivity index (χ0n) is 12.2. The molecule has 0 aliphatic heterocycles. The van der Waals surface area contributed by atoms with Crippen LogP contribution in [0.25, 0.3) is 5.65 Å². The Bertz CT molecular complexity index is 879. The number of nitrogens with zero attached hydrogens (tertiary/aromatic N) is 4. The summed E-state index contributed by atoms with van der Waals surface area (Å²) in [5, 5.41) is 17.3. The summed E-state index contributed by atoms with van der Waals surface area (Å²) >= 11 is 0. The van der Waals surface area contributed by atoms with E-state index in [9.17, 15) is 4.79 Å². The quantitative estimate of drug-likeness (QED) is 0.739. The molecule has 0 aliphatic rings. The number of rotatable bonds is 3. The van der Waals surface area contributed by atoms with Crippen LogP contribution in [0, 0.1) is 13.8 Å². The van der Waals surface area contributed by atoms with Gasteiger partial charge in [-0.3, -0.25) is 4.40 Å². The Balaban J connectivity index is 1.97. The van der Waals surface area contributed by atoms with Crippen molar-refractivity contribution in [3.05, 3.63) is 59.4 Å². The molecule has 0 radical (unpaired) electrons. The van der Waals surface area contributed by atoms with E-state index >= 15 is 0 Å². The standard InChI is InChI=1S/C16H14N4O2/c1-10-4-3-9-20-14(10)17-11(2)15(20)19-18-13-7-5-12(6-8-13)16(21)22/h3-9H,1-2H3,(H,21,22). The first kappa shape index (κ1) is 13.9. The monoisotopic (exact) mass is 294 g/mol. The lowest BCUT2D eigenvalue weighted by atomic mass is 10.2. The number of aromatic carboxylic acids is 1. The van der Waals surface area contributed by atoms with E-state index in [0.717, 1.165) is 16.9 Å². The molecule has 0 saturated heterocycles. The lowest BCUT2D eigenvalue weighted by Gasteiger charge is -1.98. The summed E-state index contributed by atoms with van der Waals surface area (Å²) in [5.41, 5.74) is 3.53. The highest BCUT2D eigenvalue weighted by Crippen LogP contribution is 2.24. The normalized spacial score (nSPS) is 11.4. The van der Waals surface area contributed by atoms with Crippen molar-refractivity contribution >= 4 is 23.1 Å². The maximum Gasteiger partial charge on any atom is 0.335 e. The predicted molar refractivity (Wildman–Crippen MR) is 82.2 cm³/mol. The van der Waals surface area contributed by atoms with Crippen LogP contribution in [0.1, 0.15) is 21.6 Å². The Morgan fingerprint density at radius 3 is 2.55 bits per heavy atom. The Kier molecular flexibility index (Phi) is 3.42. The van der Waals surface area contributed by atoms with Gasteiger partial charge < -0.3 is 5.11 Å². The number of benzene rings is 1. The first-order chi connectivity index (χ1) is 10.6. The van der Waals surface area contributed by atoms with Crippen LogP contribution in [0.3, 0.4) is 0 Å². The van der Waals surface area contributed by atoms with Gasteiger partial charge in [0.15, 0.2) is 5.82 Å². The predicted octanol–water partition coefficient (Wildman–Crippen LogP) is 4.06. The highest BCUT2D eigenvalue weighted by molar-refractivity contribution is 5.87. The number of carboxylic acids is 1. The van der Waals surface area contributed by atoms with Crippen molar-refractivity contribution in [2.24, 2.45) is 10.2 Å². The number of aromatic nitrogens is 2. The van der Waals surface area contributed by atoms with Crippen LogP contribution in [-0.4, -0.2) is 20.5 Å². The van der Waals surface area contributed by atoms with E-state index in [1.54, 1.807) is 12.1 Å². The molecule has 0 bridgehead atoms. The molecule has 2 heterocycles. The fourth-order valence-electron chi connectivity index (χ4n) is 2.20. The van der Waals surface area contributed by atoms with Crippen LogP contribution >= 0.6 is 0 Å². The Morgan fingerprint density at radius 2 is 1.86 bits per heavy atom. The average molecular weight is 294 g/mol. The maximum absolute atomic E-state index is 10.8. The number of azo groups is 1. The molecule has 1 aromatic carbocycles. The first-order valence-electron chi connectivity index (χ1n) is 6.75. The second-order valence-corrected chi connectivity index (χ2v) is 4.96. The molecule has 2 aromatic heterocycles. The summed E-state index contributed by atoms with van der Waals surface area (Å²) in [6.45, 7) is 3.88. The van der Waals surface area contributed by atoms with E-state index < -0.39 is 5.97 Å². The number of imidazole rings is 1. The number of hydrogen-bond donors (Lipinski definition) is 1. The summed E-state index contributed by atoms with van der Waals surface area (Å²) in [5.74, 6) is -0.294. The Morgan fingerprint density at radius 1 is 1.14 bits per heavy atom. The third-order valence-electron chi connectivity index (χ3n) is 3.36. The zero-order valence-corrected chi connectivity index (χ0v) is 12.2. The molecule has 3 rings (SSSR count). The third kappa shape index (κ3) is 2.46. The molecular formula is C16H14N4O2. The summed E-state index contributed by atoms with van der Waals surface area (Å²) < 4.78 is 1.89. The molecule has 0 spiro atoms. The van der Waals surface area contributed by atoms with Crippen LogP contribution in [-0.2, 0) is 0 Å². The summed E-state index contributed by atoms with van der Waals surface area (Å²) in [6, 6.07) is 10.2. The SMILES string of the molecule is Cc1nc2c(C)cccn2c1N=Nc1ccc(C(=O)O)cc1. The third-order valence-corrected chi connectivity index (χ3v) is 3.36. The summed E-state index contributed by atoms with van der Waals surface area (Å²) in [7, 11) is 0. The molecule has 0 atom stereocenters. The molecule has 3 aromatic rings. The topological polar surface area (TPSA) is 79.3 Å². The lowest BCUT2D eigenvalue weighted by Crippen LogP contribution is -1.93. The summed E-state index contributed by atoms with van der Waals surface area (Å²) in [6.07, 6.45) is 1.89. The number of pyridine rings is 1. The fourth-order valence-corrected chi connectivity index (χ4v) is 2.20. The molecule has 0 aliphatic carbocycles. The van der Waals surface area contributed by atoms with Crippen LogP contribution in [0.15, 0.2) is 52.8 Å². The minimum Gasteiger partial charge on any atom is -0.478 e. The van der Waals surface area contributed by atoms with Gasteiger partial charge in [0.1, 0.15) is 5.65 Å². The van der Waals surface area contributed by atoms with Gasteiger partial charge in [0, 0.05) is 6.20 Å². The zero-order chi connectivity index (χ0) is 15.7. The second-order valence-electron chi connectivity index (χ2n) is 4.96. The van der Waals surface area contributed by atoms with Gasteiger partial charge in [-0.1, -0.05) is 6.07 Å². The van der Waals surface area contributed by atoms with E-state index in [1.165, 1.54) is 12.1 Å². The molecule has 0 amide bonds. The largest absolute Gasteiger partial charge is 0.478 e. The van der Waals surface area contributed by atoms with Gasteiger partial charge in [-0.15, -0.1) is 10.2 Å². The number of carbonyl (C=O) groups is 1. The van der Waals surface area contributed by atoms with Gasteiger partial charge >= 0.3 is 5.97 Å². The molecule has 22 heavy (non-hydrogen) atoms. The molecular weight excluding hydrogens is 280 g/mol. The maximum atomic E-state index is 10.8. The van der Waals surface area contributed by atoms with Crippen LogP contribution in [0.5, 0.6) is 0 Å². The molecule has 6 nitrogen and oxygen atoms in total. The van der Waals surface area contributed by atoms with Crippen LogP contribution < -0.4 is 0 Å². The highest BCUT2D eigenvalue weighted by Gasteiger charge is 2.09. The van der Waals surface area contributed by atoms with Gasteiger partial charge in [0.05, 0.1) is 16.9 Å². The highest BCUT2D eigenvalue weighted by atomic mass is 16.4. The molecule has 1 N–H and O–H groups in total. The van der Waals surface area contributed by atoms with E-state index in [0.29, 0.717) is 11.5 Å². The Labute approximate surface area is 126 Å². The Hall–Kier alpha value is -3.02. The number of carboxylic acid groups (broad SMARTS) is 1. The van der Waals surface area contributed by atoms with Gasteiger partial charge in [-0.2, -0.15) is 0 Å². The first-order valence-corrected chi connectivity index (χ1v) is 6.75. The van der Waals surface area contributed by atoms with Crippen molar-refractivity contribution in [2.75, 3.05) is 0 Å². The van der Waals surface area contributed by atoms with Crippen molar-refractivity contribution in [1.82, 2.24) is 9.38 Å². The van der Waals surface area contributed by atoms with Gasteiger partial charge in [-0.05, 0) is 49.7 Å².